The zero-order chi connectivity index (χ0) is 30.4. The number of hydrogen-bond acceptors (Lipinski definition) is 8. The van der Waals surface area contributed by atoms with Crippen LogP contribution in [0.4, 0.5) is 4.39 Å². The van der Waals surface area contributed by atoms with E-state index in [0.717, 1.165) is 0 Å². The van der Waals surface area contributed by atoms with Crippen molar-refractivity contribution in [3.8, 4) is 6.07 Å². The largest absolute Gasteiger partial charge is 0.393 e. The first-order valence-corrected chi connectivity index (χ1v) is 14.7. The van der Waals surface area contributed by atoms with E-state index < -0.39 is 23.2 Å². The minimum atomic E-state index is -1.51. The Morgan fingerprint density at radius 1 is 1.19 bits per heavy atom. The quantitative estimate of drug-likeness (QED) is 0.299. The number of aliphatic hydroxyl groups excluding tert-OH is 1. The fourth-order valence-electron chi connectivity index (χ4n) is 6.34. The highest BCUT2D eigenvalue weighted by atomic mass is 35.5. The maximum Gasteiger partial charge on any atom is 0.178 e. The topological polar surface area (TPSA) is 120 Å². The molecule has 1 aliphatic heterocycles. The average Bonchev–Trinajstić information content (AvgIpc) is 3.71. The van der Waals surface area contributed by atoms with Gasteiger partial charge in [-0.15, -0.1) is 0 Å². The molecule has 9 nitrogen and oxygen atoms in total. The smallest absolute Gasteiger partial charge is 0.178 e. The van der Waals surface area contributed by atoms with Crippen molar-refractivity contribution in [2.45, 2.75) is 69.2 Å². The molecule has 3 unspecified atom stereocenters. The van der Waals surface area contributed by atoms with E-state index in [1.54, 1.807) is 29.2 Å². The van der Waals surface area contributed by atoms with Gasteiger partial charge in [-0.3, -0.25) is 4.90 Å². The average molecular weight is 603 g/mol. The van der Waals surface area contributed by atoms with Crippen LogP contribution in [-0.4, -0.2) is 46.8 Å². The lowest BCUT2D eigenvalue weighted by Gasteiger charge is -2.41. The summed E-state index contributed by atoms with van der Waals surface area (Å²) in [5.41, 5.74) is -0.150. The van der Waals surface area contributed by atoms with Crippen LogP contribution in [0.25, 0.3) is 0 Å². The van der Waals surface area contributed by atoms with Crippen LogP contribution in [0.1, 0.15) is 71.9 Å². The van der Waals surface area contributed by atoms with Crippen molar-refractivity contribution in [1.82, 2.24) is 24.4 Å². The fourth-order valence-corrected chi connectivity index (χ4v) is 6.47. The summed E-state index contributed by atoms with van der Waals surface area (Å²) in [5.74, 6) is -0.105. The predicted molar refractivity (Wildman–Crippen MR) is 156 cm³/mol. The lowest BCUT2D eigenvalue weighted by Crippen LogP contribution is -2.47. The Labute approximate surface area is 254 Å². The van der Waals surface area contributed by atoms with E-state index in [0.29, 0.717) is 63.6 Å². The number of rotatable bonds is 8. The summed E-state index contributed by atoms with van der Waals surface area (Å²) in [5, 5.41) is 32.0. The maximum absolute atomic E-state index is 16.8. The number of ether oxygens (including phenoxy) is 1. The molecule has 43 heavy (non-hydrogen) atoms. The van der Waals surface area contributed by atoms with Gasteiger partial charge in [0.2, 0.25) is 0 Å². The van der Waals surface area contributed by atoms with Gasteiger partial charge >= 0.3 is 0 Å². The van der Waals surface area contributed by atoms with E-state index >= 15 is 4.39 Å². The number of aliphatic hydroxyl groups is 2. The number of imidazole rings is 1. The van der Waals surface area contributed by atoms with Crippen molar-refractivity contribution >= 4 is 11.6 Å². The van der Waals surface area contributed by atoms with Crippen molar-refractivity contribution in [2.75, 3.05) is 0 Å². The van der Waals surface area contributed by atoms with Gasteiger partial charge in [-0.25, -0.2) is 19.3 Å². The molecule has 2 aliphatic rings. The lowest BCUT2D eigenvalue weighted by molar-refractivity contribution is -0.166. The Morgan fingerprint density at radius 3 is 2.53 bits per heavy atom. The van der Waals surface area contributed by atoms with Gasteiger partial charge in [0.25, 0.3) is 0 Å². The number of hydrogen-bond donors (Lipinski definition) is 2. The van der Waals surface area contributed by atoms with Crippen LogP contribution in [0, 0.1) is 17.1 Å². The fraction of sp³-hybridized carbons (Fsp3) is 0.375. The van der Waals surface area contributed by atoms with Crippen LogP contribution in [0.15, 0.2) is 61.3 Å². The third-order valence-corrected chi connectivity index (χ3v) is 8.78. The van der Waals surface area contributed by atoms with E-state index in [1.165, 1.54) is 18.5 Å². The summed E-state index contributed by atoms with van der Waals surface area (Å²) in [6, 6.07) is 12.3. The molecular weight excluding hydrogens is 571 g/mol. The highest BCUT2D eigenvalue weighted by Gasteiger charge is 2.52. The SMILES string of the molecule is CCC(O)(c1cc(F)c2c(c1)CN(Cc1ncc(C#N)cn1)[C@@]2(OC1CCC(O)C1)c1ccc(Cl)cc1)c1cn(C)cn1. The molecule has 1 fully saturated rings. The van der Waals surface area contributed by atoms with E-state index in [9.17, 15) is 15.5 Å². The van der Waals surface area contributed by atoms with E-state index in [1.807, 2.05) is 43.1 Å². The molecule has 0 bridgehead atoms. The molecule has 2 N–H and O–H groups in total. The highest BCUT2D eigenvalue weighted by molar-refractivity contribution is 6.30. The zero-order valence-electron chi connectivity index (χ0n) is 23.9. The summed E-state index contributed by atoms with van der Waals surface area (Å²) in [7, 11) is 1.82. The monoisotopic (exact) mass is 602 g/mol. The van der Waals surface area contributed by atoms with Crippen LogP contribution < -0.4 is 0 Å². The Kier molecular flexibility index (Phi) is 7.79. The van der Waals surface area contributed by atoms with Crippen LogP contribution in [0.5, 0.6) is 0 Å². The molecule has 222 valence electrons. The molecule has 3 heterocycles. The van der Waals surface area contributed by atoms with Crippen molar-refractivity contribution in [2.24, 2.45) is 7.05 Å². The van der Waals surface area contributed by atoms with Gasteiger partial charge in [-0.2, -0.15) is 5.26 Å². The van der Waals surface area contributed by atoms with Gasteiger partial charge in [0.15, 0.2) is 5.72 Å². The van der Waals surface area contributed by atoms with Crippen LogP contribution >= 0.6 is 11.6 Å². The predicted octanol–water partition coefficient (Wildman–Crippen LogP) is 4.67. The first kappa shape index (κ1) is 29.4. The molecule has 2 aromatic carbocycles. The number of benzene rings is 2. The van der Waals surface area contributed by atoms with Gasteiger partial charge in [-0.1, -0.05) is 36.7 Å². The second-order valence-electron chi connectivity index (χ2n) is 11.3. The summed E-state index contributed by atoms with van der Waals surface area (Å²) < 4.78 is 25.4. The van der Waals surface area contributed by atoms with Gasteiger partial charge in [-0.05, 0) is 55.0 Å². The number of halogens is 2. The van der Waals surface area contributed by atoms with Crippen molar-refractivity contribution in [3.63, 3.8) is 0 Å². The zero-order valence-corrected chi connectivity index (χ0v) is 24.7. The third kappa shape index (κ3) is 5.22. The summed E-state index contributed by atoms with van der Waals surface area (Å²) in [4.78, 5) is 15.1. The second kappa shape index (κ2) is 11.4. The minimum Gasteiger partial charge on any atom is -0.393 e. The standard InChI is InChI=1S/C32H32ClFN6O3/c1-3-31(42,28-17-39(2)19-38-28)23-10-21-16-40(18-29-36-14-20(13-35)15-37-29)32(30(21)27(34)11-23,22-4-6-24(33)7-5-22)43-26-9-8-25(41)12-26/h4-7,10-11,14-15,17,19,25-26,41-42H,3,8-9,12,16,18H2,1-2H3/t25?,26?,31?,32-/m1/s1. The Bertz CT molecular complexity index is 1670. The molecule has 0 saturated heterocycles. The molecule has 1 aliphatic carbocycles. The van der Waals surface area contributed by atoms with Crippen LogP contribution in [0.2, 0.25) is 5.02 Å². The number of aromatic nitrogens is 4. The van der Waals surface area contributed by atoms with Gasteiger partial charge in [0, 0.05) is 48.3 Å². The van der Waals surface area contributed by atoms with Crippen LogP contribution in [0.3, 0.4) is 0 Å². The molecule has 11 heteroatoms. The number of aryl methyl sites for hydroxylation is 1. The third-order valence-electron chi connectivity index (χ3n) is 8.53. The van der Waals surface area contributed by atoms with Crippen molar-refractivity contribution in [3.05, 3.63) is 111 Å². The van der Waals surface area contributed by atoms with Gasteiger partial charge in [0.1, 0.15) is 23.3 Å². The Morgan fingerprint density at radius 2 is 1.93 bits per heavy atom. The normalized spacial score (nSPS) is 23.2. The summed E-state index contributed by atoms with van der Waals surface area (Å²) >= 11 is 6.28. The molecule has 2 aromatic heterocycles. The first-order valence-electron chi connectivity index (χ1n) is 14.3. The molecule has 0 spiro atoms. The number of nitrogens with zero attached hydrogens (tertiary/aromatic N) is 6. The van der Waals surface area contributed by atoms with Crippen molar-refractivity contribution < 1.29 is 19.3 Å². The molecule has 4 aromatic rings. The maximum atomic E-state index is 16.8. The molecule has 4 atom stereocenters. The minimum absolute atomic E-state index is 0.172. The van der Waals surface area contributed by atoms with E-state index in [-0.39, 0.29) is 25.6 Å². The Balaban J connectivity index is 1.54. The molecular formula is C32H32ClFN6O3. The molecule has 1 saturated carbocycles. The highest BCUT2D eigenvalue weighted by Crippen LogP contribution is 2.50. The van der Waals surface area contributed by atoms with Gasteiger partial charge in [0.05, 0.1) is 36.3 Å². The summed E-state index contributed by atoms with van der Waals surface area (Å²) in [6.45, 7) is 2.26. The number of nitriles is 1. The first-order chi connectivity index (χ1) is 20.7. The van der Waals surface area contributed by atoms with E-state index in [2.05, 4.69) is 15.0 Å². The van der Waals surface area contributed by atoms with Gasteiger partial charge < -0.3 is 19.5 Å². The second-order valence-corrected chi connectivity index (χ2v) is 11.8. The van der Waals surface area contributed by atoms with E-state index in [4.69, 9.17) is 16.3 Å². The van der Waals surface area contributed by atoms with Crippen molar-refractivity contribution in [1.29, 1.82) is 5.26 Å². The lowest BCUT2D eigenvalue weighted by atomic mass is 9.84. The number of fused-ring (bicyclic) bond motifs is 1. The molecule has 0 radical (unpaired) electrons. The molecule has 6 rings (SSSR count). The Hall–Kier alpha value is -3.72. The van der Waals surface area contributed by atoms with Crippen LogP contribution in [-0.2, 0) is 36.2 Å². The molecule has 0 amide bonds. The summed E-state index contributed by atoms with van der Waals surface area (Å²) in [6.07, 6.45) is 7.29.